The fraction of sp³-hybridized carbons (Fsp3) is 0.500. The minimum atomic E-state index is -0.143. The second-order valence-corrected chi connectivity index (χ2v) is 4.29. The van der Waals surface area contributed by atoms with Gasteiger partial charge >= 0.3 is 0 Å². The predicted molar refractivity (Wildman–Crippen MR) is 71.3 cm³/mol. The molecular formula is C12H18N2O3S. The van der Waals surface area contributed by atoms with Crippen LogP contribution in [-0.4, -0.2) is 29.8 Å². The van der Waals surface area contributed by atoms with Gasteiger partial charge in [-0.2, -0.15) is 0 Å². The van der Waals surface area contributed by atoms with Gasteiger partial charge in [0.1, 0.15) is 0 Å². The highest BCUT2D eigenvalue weighted by molar-refractivity contribution is 8.12. The second kappa shape index (κ2) is 8.91. The summed E-state index contributed by atoms with van der Waals surface area (Å²) in [6.45, 7) is 2.56. The minimum Gasteiger partial charge on any atom is -0.321 e. The molecule has 0 fully saturated rings. The number of thioether (sulfide) groups is 1. The molecule has 0 spiro atoms. The maximum atomic E-state index is 10.8. The summed E-state index contributed by atoms with van der Waals surface area (Å²) in [7, 11) is 0. The zero-order valence-corrected chi connectivity index (χ0v) is 11.5. The van der Waals surface area contributed by atoms with Gasteiger partial charge in [0.2, 0.25) is 0 Å². The van der Waals surface area contributed by atoms with Crippen LogP contribution in [0.15, 0.2) is 18.3 Å². The van der Waals surface area contributed by atoms with Crippen molar-refractivity contribution in [2.75, 3.05) is 19.6 Å². The van der Waals surface area contributed by atoms with E-state index in [1.165, 1.54) is 5.56 Å². The van der Waals surface area contributed by atoms with Crippen molar-refractivity contribution in [3.05, 3.63) is 29.6 Å². The summed E-state index contributed by atoms with van der Waals surface area (Å²) in [5, 5.41) is 2.36. The molecule has 0 saturated heterocycles. The molecule has 0 aliphatic rings. The van der Waals surface area contributed by atoms with E-state index >= 15 is 0 Å². The van der Waals surface area contributed by atoms with Crippen LogP contribution in [0.5, 0.6) is 0 Å². The quantitative estimate of drug-likeness (QED) is 0.356. The number of hydrogen-bond acceptors (Lipinski definition) is 5. The van der Waals surface area contributed by atoms with Gasteiger partial charge in [0.05, 0.1) is 6.61 Å². The predicted octanol–water partition coefficient (Wildman–Crippen LogP) is 2.16. The number of nitrogens with zero attached hydrogens (tertiary/aromatic N) is 1. The van der Waals surface area contributed by atoms with E-state index in [9.17, 15) is 4.79 Å². The molecule has 100 valence electrons. The Morgan fingerprint density at radius 1 is 1.44 bits per heavy atom. The van der Waals surface area contributed by atoms with Gasteiger partial charge in [0.15, 0.2) is 6.73 Å². The first-order chi connectivity index (χ1) is 8.76. The molecule has 0 bridgehead atoms. The van der Waals surface area contributed by atoms with Gasteiger partial charge in [-0.15, -0.1) is 0 Å². The molecule has 1 amide bonds. The third-order valence-corrected chi connectivity index (χ3v) is 2.80. The number of rotatable bonds is 7. The van der Waals surface area contributed by atoms with Gasteiger partial charge < -0.3 is 5.32 Å². The van der Waals surface area contributed by atoms with E-state index in [2.05, 4.69) is 23.3 Å². The summed E-state index contributed by atoms with van der Waals surface area (Å²) in [6.07, 6.45) is 5.24. The molecule has 18 heavy (non-hydrogen) atoms. The van der Waals surface area contributed by atoms with Gasteiger partial charge in [0.25, 0.3) is 5.24 Å². The molecule has 1 aromatic rings. The largest absolute Gasteiger partial charge is 0.321 e. The van der Waals surface area contributed by atoms with E-state index in [-0.39, 0.29) is 12.0 Å². The van der Waals surface area contributed by atoms with Gasteiger partial charge in [-0.1, -0.05) is 24.8 Å². The summed E-state index contributed by atoms with van der Waals surface area (Å²) in [5.41, 5.74) is 2.18. The number of aryl methyl sites for hydroxylation is 1. The van der Waals surface area contributed by atoms with Crippen LogP contribution in [0.3, 0.4) is 0 Å². The van der Waals surface area contributed by atoms with E-state index in [0.29, 0.717) is 13.0 Å². The Balaban J connectivity index is 2.08. The van der Waals surface area contributed by atoms with Crippen molar-refractivity contribution in [1.29, 1.82) is 0 Å². The average Bonchev–Trinajstić information content (AvgIpc) is 2.43. The number of carbonyl (C=O) groups is 1. The Hall–Kier alpha value is -1.11. The van der Waals surface area contributed by atoms with Crippen molar-refractivity contribution in [3.8, 4) is 0 Å². The molecule has 0 unspecified atom stereocenters. The van der Waals surface area contributed by atoms with Crippen LogP contribution in [0.1, 0.15) is 18.2 Å². The van der Waals surface area contributed by atoms with E-state index in [0.717, 1.165) is 23.9 Å². The van der Waals surface area contributed by atoms with Crippen molar-refractivity contribution >= 4 is 17.0 Å². The van der Waals surface area contributed by atoms with Crippen molar-refractivity contribution in [1.82, 2.24) is 10.3 Å². The van der Waals surface area contributed by atoms with Gasteiger partial charge in [-0.25, -0.2) is 9.78 Å². The lowest BCUT2D eigenvalue weighted by Gasteiger charge is -2.05. The first kappa shape index (κ1) is 14.9. The van der Waals surface area contributed by atoms with Crippen LogP contribution in [0.4, 0.5) is 4.79 Å². The fourth-order valence-electron chi connectivity index (χ4n) is 1.22. The van der Waals surface area contributed by atoms with Crippen LogP contribution in [0.25, 0.3) is 0 Å². The third kappa shape index (κ3) is 6.00. The Labute approximate surface area is 111 Å². The summed E-state index contributed by atoms with van der Waals surface area (Å²) in [6, 6.07) is 4.04. The van der Waals surface area contributed by atoms with Crippen molar-refractivity contribution in [3.63, 3.8) is 0 Å². The minimum absolute atomic E-state index is 0.0574. The molecule has 0 aliphatic carbocycles. The standard InChI is InChI=1S/C12H18N2O3S/c1-3-10-4-5-11(13-8-10)6-7-16-17-9-14-12(15)18-2/h4-5,8H,3,6-7,9H2,1-2H3,(H,14,15). The summed E-state index contributed by atoms with van der Waals surface area (Å²) in [4.78, 5) is 24.9. The molecule has 1 N–H and O–H groups in total. The molecule has 5 nitrogen and oxygen atoms in total. The van der Waals surface area contributed by atoms with Gasteiger partial charge in [-0.3, -0.25) is 9.78 Å². The molecule has 0 aromatic carbocycles. The van der Waals surface area contributed by atoms with Crippen LogP contribution in [-0.2, 0) is 22.6 Å². The topological polar surface area (TPSA) is 60.5 Å². The SMILES string of the molecule is CCc1ccc(CCOOCNC(=O)SC)nc1. The number of carbonyl (C=O) groups excluding carboxylic acids is 1. The van der Waals surface area contributed by atoms with Crippen LogP contribution in [0.2, 0.25) is 0 Å². The lowest BCUT2D eigenvalue weighted by Crippen LogP contribution is -2.22. The van der Waals surface area contributed by atoms with E-state index in [1.54, 1.807) is 6.26 Å². The molecule has 1 rings (SSSR count). The number of nitrogens with one attached hydrogen (secondary N) is 1. The molecule has 0 saturated carbocycles. The molecule has 0 aliphatic heterocycles. The van der Waals surface area contributed by atoms with Gasteiger partial charge in [0, 0.05) is 18.3 Å². The van der Waals surface area contributed by atoms with Gasteiger partial charge in [-0.05, 0) is 24.3 Å². The monoisotopic (exact) mass is 270 g/mol. The van der Waals surface area contributed by atoms with Crippen LogP contribution < -0.4 is 5.32 Å². The molecular weight excluding hydrogens is 252 g/mol. The molecule has 0 atom stereocenters. The van der Waals surface area contributed by atoms with Crippen LogP contribution >= 0.6 is 11.8 Å². The molecule has 1 heterocycles. The lowest BCUT2D eigenvalue weighted by atomic mass is 10.2. The highest BCUT2D eigenvalue weighted by Crippen LogP contribution is 2.02. The zero-order valence-electron chi connectivity index (χ0n) is 10.6. The second-order valence-electron chi connectivity index (χ2n) is 3.51. The van der Waals surface area contributed by atoms with Crippen LogP contribution in [0, 0.1) is 0 Å². The Bertz CT molecular complexity index is 357. The average molecular weight is 270 g/mol. The highest BCUT2D eigenvalue weighted by atomic mass is 32.2. The maximum absolute atomic E-state index is 10.8. The molecule has 1 aromatic heterocycles. The van der Waals surface area contributed by atoms with E-state index in [1.807, 2.05) is 12.3 Å². The Morgan fingerprint density at radius 2 is 2.28 bits per heavy atom. The Morgan fingerprint density at radius 3 is 2.89 bits per heavy atom. The van der Waals surface area contributed by atoms with Crippen molar-refractivity contribution < 1.29 is 14.6 Å². The van der Waals surface area contributed by atoms with E-state index < -0.39 is 0 Å². The summed E-state index contributed by atoms with van der Waals surface area (Å²) >= 11 is 1.09. The molecule has 0 radical (unpaired) electrons. The zero-order chi connectivity index (χ0) is 13.2. The smallest absolute Gasteiger partial charge is 0.280 e. The van der Waals surface area contributed by atoms with Crippen molar-refractivity contribution in [2.45, 2.75) is 19.8 Å². The maximum Gasteiger partial charge on any atom is 0.280 e. The number of aromatic nitrogens is 1. The summed E-state index contributed by atoms with van der Waals surface area (Å²) < 4.78 is 0. The highest BCUT2D eigenvalue weighted by Gasteiger charge is 1.98. The number of hydrogen-bond donors (Lipinski definition) is 1. The lowest BCUT2D eigenvalue weighted by molar-refractivity contribution is -0.295. The molecule has 6 heteroatoms. The summed E-state index contributed by atoms with van der Waals surface area (Å²) in [5.74, 6) is 0. The number of amides is 1. The Kier molecular flexibility index (Phi) is 7.40. The first-order valence-electron chi connectivity index (χ1n) is 5.76. The van der Waals surface area contributed by atoms with E-state index in [4.69, 9.17) is 9.78 Å². The normalized spacial score (nSPS) is 10.3. The fourth-order valence-corrected chi connectivity index (χ4v) is 1.42. The number of pyridine rings is 1. The third-order valence-electron chi connectivity index (χ3n) is 2.28. The first-order valence-corrected chi connectivity index (χ1v) is 6.98. The van der Waals surface area contributed by atoms with Crippen molar-refractivity contribution in [2.24, 2.45) is 0 Å².